The van der Waals surface area contributed by atoms with Crippen LogP contribution in [0.1, 0.15) is 13.8 Å². The molecule has 0 fully saturated rings. The number of hydrazone groups is 1. The number of allylic oxidation sites excluding steroid dienone is 1. The monoisotopic (exact) mass is 205 g/mol. The first-order valence-electron chi connectivity index (χ1n) is 4.36. The summed E-state index contributed by atoms with van der Waals surface area (Å²) in [5.41, 5.74) is 3.33. The van der Waals surface area contributed by atoms with Crippen molar-refractivity contribution in [2.75, 3.05) is 4.41 Å². The fraction of sp³-hybridized carbons (Fsp3) is 0.200. The third kappa shape index (κ3) is 1.80. The van der Waals surface area contributed by atoms with Gasteiger partial charge in [0.05, 0.1) is 11.4 Å². The fourth-order valence-corrected chi connectivity index (χ4v) is 1.88. The first-order chi connectivity index (χ1) is 6.77. The van der Waals surface area contributed by atoms with Crippen molar-refractivity contribution in [3.8, 4) is 0 Å². The Morgan fingerprint density at radius 2 is 1.93 bits per heavy atom. The molecule has 1 aliphatic heterocycles. The minimum atomic E-state index is 1.05. The number of nitrogens with zero attached hydrogens (tertiary/aromatic N) is 3. The van der Waals surface area contributed by atoms with Crippen LogP contribution in [0.2, 0.25) is 0 Å². The highest BCUT2D eigenvalue weighted by atomic mass is 32.2. The van der Waals surface area contributed by atoms with Crippen LogP contribution in [0, 0.1) is 0 Å². The topological polar surface area (TPSA) is 28.5 Å². The molecule has 0 unspecified atom stereocenters. The maximum atomic E-state index is 4.45. The molecule has 2 rings (SSSR count). The summed E-state index contributed by atoms with van der Waals surface area (Å²) < 4.78 is 1.89. The van der Waals surface area contributed by atoms with E-state index in [1.54, 1.807) is 24.3 Å². The van der Waals surface area contributed by atoms with Gasteiger partial charge in [-0.15, -0.1) is 0 Å². The van der Waals surface area contributed by atoms with Gasteiger partial charge in [-0.2, -0.15) is 5.10 Å². The standard InChI is InChI=1S/C10H11N3S/c1-8-7-14-13(12-9(8)2)10-3-5-11-6-4-10/h3-7H,1-2H3. The SMILES string of the molecule is CC1=CSN(c2ccncc2)N=C1C. The second kappa shape index (κ2) is 3.84. The molecule has 14 heavy (non-hydrogen) atoms. The molecule has 0 spiro atoms. The van der Waals surface area contributed by atoms with Gasteiger partial charge in [0, 0.05) is 24.3 Å². The van der Waals surface area contributed by atoms with Crippen LogP contribution in [0.3, 0.4) is 0 Å². The third-order valence-corrected chi connectivity index (χ3v) is 2.98. The molecule has 0 atom stereocenters. The number of pyridine rings is 1. The molecule has 0 N–H and O–H groups in total. The van der Waals surface area contributed by atoms with Crippen molar-refractivity contribution in [1.82, 2.24) is 4.98 Å². The van der Waals surface area contributed by atoms with Crippen molar-refractivity contribution in [3.05, 3.63) is 35.5 Å². The molecule has 0 radical (unpaired) electrons. The Morgan fingerprint density at radius 3 is 2.57 bits per heavy atom. The molecule has 2 heterocycles. The summed E-state index contributed by atoms with van der Waals surface area (Å²) >= 11 is 1.58. The van der Waals surface area contributed by atoms with E-state index in [0.29, 0.717) is 0 Å². The van der Waals surface area contributed by atoms with Crippen molar-refractivity contribution >= 4 is 23.3 Å². The van der Waals surface area contributed by atoms with Crippen LogP contribution in [-0.4, -0.2) is 10.7 Å². The average Bonchev–Trinajstić information content (AvgIpc) is 2.23. The molecule has 1 aromatic heterocycles. The second-order valence-corrected chi connectivity index (χ2v) is 3.86. The van der Waals surface area contributed by atoms with E-state index in [1.807, 2.05) is 23.5 Å². The second-order valence-electron chi connectivity index (χ2n) is 3.07. The maximum Gasteiger partial charge on any atom is 0.0757 e. The van der Waals surface area contributed by atoms with E-state index in [0.717, 1.165) is 11.4 Å². The van der Waals surface area contributed by atoms with Gasteiger partial charge in [-0.3, -0.25) is 4.98 Å². The molecule has 3 nitrogen and oxygen atoms in total. The zero-order valence-corrected chi connectivity index (χ0v) is 8.95. The van der Waals surface area contributed by atoms with Gasteiger partial charge in [-0.25, -0.2) is 4.41 Å². The van der Waals surface area contributed by atoms with Crippen LogP contribution < -0.4 is 4.41 Å². The van der Waals surface area contributed by atoms with Gasteiger partial charge >= 0.3 is 0 Å². The van der Waals surface area contributed by atoms with Crippen molar-refractivity contribution in [3.63, 3.8) is 0 Å². The molecular formula is C10H11N3S. The Bertz CT molecular complexity index is 384. The van der Waals surface area contributed by atoms with Gasteiger partial charge in [-0.05, 0) is 37.0 Å². The summed E-state index contributed by atoms with van der Waals surface area (Å²) in [6.45, 7) is 4.08. The number of hydrogen-bond acceptors (Lipinski definition) is 4. The molecule has 0 amide bonds. The van der Waals surface area contributed by atoms with Crippen LogP contribution in [0.15, 0.2) is 40.6 Å². The number of hydrogen-bond donors (Lipinski definition) is 0. The zero-order chi connectivity index (χ0) is 9.97. The number of aromatic nitrogens is 1. The Balaban J connectivity index is 2.25. The Hall–Kier alpha value is -1.29. The molecular weight excluding hydrogens is 194 g/mol. The lowest BCUT2D eigenvalue weighted by molar-refractivity contribution is 1.17. The van der Waals surface area contributed by atoms with E-state index in [-0.39, 0.29) is 0 Å². The van der Waals surface area contributed by atoms with E-state index in [4.69, 9.17) is 0 Å². The Kier molecular flexibility index (Phi) is 2.54. The van der Waals surface area contributed by atoms with Crippen LogP contribution in [0.5, 0.6) is 0 Å². The molecule has 0 aliphatic carbocycles. The minimum Gasteiger partial charge on any atom is -0.265 e. The van der Waals surface area contributed by atoms with Gasteiger partial charge < -0.3 is 0 Å². The van der Waals surface area contributed by atoms with Gasteiger partial charge in [0.1, 0.15) is 0 Å². The van der Waals surface area contributed by atoms with Crippen LogP contribution in [0.25, 0.3) is 0 Å². The van der Waals surface area contributed by atoms with E-state index < -0.39 is 0 Å². The van der Waals surface area contributed by atoms with Crippen molar-refractivity contribution < 1.29 is 0 Å². The quantitative estimate of drug-likeness (QED) is 0.660. The first kappa shape index (κ1) is 9.27. The molecule has 0 bridgehead atoms. The minimum absolute atomic E-state index is 1.05. The molecule has 72 valence electrons. The summed E-state index contributed by atoms with van der Waals surface area (Å²) in [5, 5.41) is 6.55. The predicted molar refractivity (Wildman–Crippen MR) is 61.2 cm³/mol. The highest BCUT2D eigenvalue weighted by Crippen LogP contribution is 2.27. The maximum absolute atomic E-state index is 4.45. The molecule has 0 saturated heterocycles. The van der Waals surface area contributed by atoms with E-state index in [1.165, 1.54) is 5.57 Å². The third-order valence-electron chi connectivity index (χ3n) is 2.02. The highest BCUT2D eigenvalue weighted by Gasteiger charge is 2.10. The normalized spacial score (nSPS) is 16.3. The lowest BCUT2D eigenvalue weighted by Gasteiger charge is -2.20. The molecule has 0 aromatic carbocycles. The van der Waals surface area contributed by atoms with E-state index >= 15 is 0 Å². The van der Waals surface area contributed by atoms with Crippen LogP contribution in [-0.2, 0) is 0 Å². The lowest BCUT2D eigenvalue weighted by atomic mass is 10.2. The Labute approximate surface area is 87.7 Å². The van der Waals surface area contributed by atoms with Crippen molar-refractivity contribution in [1.29, 1.82) is 0 Å². The van der Waals surface area contributed by atoms with Gasteiger partial charge in [0.25, 0.3) is 0 Å². The van der Waals surface area contributed by atoms with Crippen LogP contribution >= 0.6 is 11.9 Å². The largest absolute Gasteiger partial charge is 0.265 e. The van der Waals surface area contributed by atoms with Gasteiger partial charge in [0.15, 0.2) is 0 Å². The molecule has 1 aromatic rings. The smallest absolute Gasteiger partial charge is 0.0757 e. The zero-order valence-electron chi connectivity index (χ0n) is 8.14. The summed E-state index contributed by atoms with van der Waals surface area (Å²) in [7, 11) is 0. The summed E-state index contributed by atoms with van der Waals surface area (Å²) in [6, 6.07) is 3.89. The van der Waals surface area contributed by atoms with Crippen LogP contribution in [0.4, 0.5) is 5.69 Å². The average molecular weight is 205 g/mol. The molecule has 4 heteroatoms. The fourth-order valence-electron chi connectivity index (χ4n) is 1.04. The van der Waals surface area contributed by atoms with E-state index in [9.17, 15) is 0 Å². The van der Waals surface area contributed by atoms with E-state index in [2.05, 4.69) is 22.4 Å². The molecule has 1 aliphatic rings. The number of rotatable bonds is 1. The summed E-state index contributed by atoms with van der Waals surface area (Å²) in [6.07, 6.45) is 3.54. The lowest BCUT2D eigenvalue weighted by Crippen LogP contribution is -2.12. The van der Waals surface area contributed by atoms with Crippen molar-refractivity contribution in [2.24, 2.45) is 5.10 Å². The van der Waals surface area contributed by atoms with Crippen molar-refractivity contribution in [2.45, 2.75) is 13.8 Å². The summed E-state index contributed by atoms with van der Waals surface area (Å²) in [4.78, 5) is 3.97. The Morgan fingerprint density at radius 1 is 1.21 bits per heavy atom. The highest BCUT2D eigenvalue weighted by molar-refractivity contribution is 8.03. The van der Waals surface area contributed by atoms with Gasteiger partial charge in [0.2, 0.25) is 0 Å². The predicted octanol–water partition coefficient (Wildman–Crippen LogP) is 2.83. The first-order valence-corrected chi connectivity index (χ1v) is 5.20. The van der Waals surface area contributed by atoms with Gasteiger partial charge in [-0.1, -0.05) is 0 Å². The number of anilines is 1. The summed E-state index contributed by atoms with van der Waals surface area (Å²) in [5.74, 6) is 0. The molecule has 0 saturated carbocycles.